The maximum Gasteiger partial charge on any atom is 0.227 e. The number of allylic oxidation sites excluding steroid dienone is 1. The molecule has 1 fully saturated rings. The fourth-order valence-corrected chi connectivity index (χ4v) is 3.91. The lowest BCUT2D eigenvalue weighted by molar-refractivity contribution is -0.117. The molecule has 0 radical (unpaired) electrons. The van der Waals surface area contributed by atoms with Crippen molar-refractivity contribution < 1.29 is 4.79 Å². The topological polar surface area (TPSA) is 38.1 Å². The third-order valence-corrected chi connectivity index (χ3v) is 5.15. The third kappa shape index (κ3) is 2.71. The summed E-state index contributed by atoms with van der Waals surface area (Å²) in [7, 11) is 0. The fraction of sp³-hybridized carbons (Fsp3) is 0.273. The minimum absolute atomic E-state index is 0.0970. The first kappa shape index (κ1) is 16.6. The summed E-state index contributed by atoms with van der Waals surface area (Å²) in [4.78, 5) is 19.6. The zero-order valence-electron chi connectivity index (χ0n) is 15.1. The average molecular weight is 345 g/mol. The van der Waals surface area contributed by atoms with Gasteiger partial charge in [-0.25, -0.2) is 4.98 Å². The van der Waals surface area contributed by atoms with Crippen LogP contribution in [0, 0.1) is 0 Å². The number of rotatable bonds is 5. The van der Waals surface area contributed by atoms with Crippen LogP contribution in [-0.4, -0.2) is 22.0 Å². The van der Waals surface area contributed by atoms with Crippen LogP contribution >= 0.6 is 0 Å². The van der Waals surface area contributed by atoms with Crippen molar-refractivity contribution in [2.24, 2.45) is 0 Å². The van der Waals surface area contributed by atoms with Gasteiger partial charge in [0.05, 0.1) is 11.0 Å². The van der Waals surface area contributed by atoms with Crippen molar-refractivity contribution >= 4 is 22.6 Å². The molecule has 3 aromatic rings. The number of aryl methyl sites for hydroxylation is 1. The average Bonchev–Trinajstić information content (AvgIpc) is 3.23. The van der Waals surface area contributed by atoms with Gasteiger partial charge in [0.15, 0.2) is 0 Å². The number of anilines is 1. The number of fused-ring (bicyclic) bond motifs is 1. The second-order valence-corrected chi connectivity index (χ2v) is 6.75. The van der Waals surface area contributed by atoms with E-state index in [0.717, 1.165) is 29.0 Å². The molecule has 1 aliphatic rings. The molecule has 1 aromatic heterocycles. The molecule has 132 valence electrons. The summed E-state index contributed by atoms with van der Waals surface area (Å²) in [6.45, 7) is 7.39. The third-order valence-electron chi connectivity index (χ3n) is 5.15. The van der Waals surface area contributed by atoms with Gasteiger partial charge in [0, 0.05) is 31.1 Å². The van der Waals surface area contributed by atoms with Crippen LogP contribution in [0.1, 0.15) is 30.7 Å². The molecule has 4 rings (SSSR count). The standard InChI is InChI=1S/C22H23N3O/c1-3-13-24-20-12-8-6-10-18(20)23-22(24)17-14-21(26)25(15-17)19-11-7-5-9-16(19)4-2/h3,5-12,17H,1,4,13-15H2,2H3. The van der Waals surface area contributed by atoms with Crippen LogP contribution in [0.5, 0.6) is 0 Å². The molecule has 2 aromatic carbocycles. The number of amides is 1. The van der Waals surface area contributed by atoms with Crippen LogP contribution in [-0.2, 0) is 17.8 Å². The van der Waals surface area contributed by atoms with Crippen molar-refractivity contribution in [3.05, 3.63) is 72.6 Å². The van der Waals surface area contributed by atoms with Crippen molar-refractivity contribution in [1.29, 1.82) is 0 Å². The summed E-state index contributed by atoms with van der Waals surface area (Å²) in [6.07, 6.45) is 3.30. The minimum Gasteiger partial charge on any atom is -0.324 e. The number of hydrogen-bond acceptors (Lipinski definition) is 2. The summed E-state index contributed by atoms with van der Waals surface area (Å²) in [5.41, 5.74) is 4.32. The van der Waals surface area contributed by atoms with E-state index >= 15 is 0 Å². The Labute approximate surface area is 153 Å². The Morgan fingerprint density at radius 2 is 1.96 bits per heavy atom. The van der Waals surface area contributed by atoms with Crippen molar-refractivity contribution in [2.75, 3.05) is 11.4 Å². The highest BCUT2D eigenvalue weighted by Gasteiger charge is 2.35. The molecule has 2 heterocycles. The van der Waals surface area contributed by atoms with Crippen molar-refractivity contribution in [1.82, 2.24) is 9.55 Å². The Morgan fingerprint density at radius 3 is 2.77 bits per heavy atom. The molecule has 4 heteroatoms. The van der Waals surface area contributed by atoms with Gasteiger partial charge in [-0.05, 0) is 30.2 Å². The van der Waals surface area contributed by atoms with E-state index in [-0.39, 0.29) is 11.8 Å². The maximum atomic E-state index is 12.8. The molecule has 0 spiro atoms. The van der Waals surface area contributed by atoms with E-state index in [9.17, 15) is 4.79 Å². The molecular formula is C22H23N3O. The highest BCUT2D eigenvalue weighted by molar-refractivity contribution is 5.97. The normalized spacial score (nSPS) is 17.2. The highest BCUT2D eigenvalue weighted by atomic mass is 16.2. The lowest BCUT2D eigenvalue weighted by Crippen LogP contribution is -2.25. The predicted octanol–water partition coefficient (Wildman–Crippen LogP) is 4.31. The zero-order valence-corrected chi connectivity index (χ0v) is 15.1. The van der Waals surface area contributed by atoms with Crippen LogP contribution in [0.25, 0.3) is 11.0 Å². The van der Waals surface area contributed by atoms with E-state index in [1.54, 1.807) is 0 Å². The molecule has 1 atom stereocenters. The van der Waals surface area contributed by atoms with Gasteiger partial charge in [-0.2, -0.15) is 0 Å². The van der Waals surface area contributed by atoms with Crippen molar-refractivity contribution in [2.45, 2.75) is 32.2 Å². The van der Waals surface area contributed by atoms with E-state index in [0.29, 0.717) is 19.5 Å². The van der Waals surface area contributed by atoms with Crippen molar-refractivity contribution in [3.8, 4) is 0 Å². The molecule has 1 saturated heterocycles. The summed E-state index contributed by atoms with van der Waals surface area (Å²) in [5.74, 6) is 1.25. The van der Waals surface area contributed by atoms with E-state index < -0.39 is 0 Å². The zero-order chi connectivity index (χ0) is 18.1. The smallest absolute Gasteiger partial charge is 0.227 e. The van der Waals surface area contributed by atoms with Gasteiger partial charge in [0.1, 0.15) is 5.82 Å². The number of imidazole rings is 1. The number of nitrogens with zero attached hydrogens (tertiary/aromatic N) is 3. The van der Waals surface area contributed by atoms with Gasteiger partial charge in [0.25, 0.3) is 0 Å². The van der Waals surface area contributed by atoms with Crippen LogP contribution in [0.3, 0.4) is 0 Å². The summed E-state index contributed by atoms with van der Waals surface area (Å²) in [5, 5.41) is 0. The summed E-state index contributed by atoms with van der Waals surface area (Å²) < 4.78 is 2.19. The van der Waals surface area contributed by atoms with E-state index in [1.807, 2.05) is 47.4 Å². The number of benzene rings is 2. The second-order valence-electron chi connectivity index (χ2n) is 6.75. The molecule has 1 aliphatic heterocycles. The molecule has 1 amide bonds. The van der Waals surface area contributed by atoms with Gasteiger partial charge in [-0.15, -0.1) is 6.58 Å². The molecule has 26 heavy (non-hydrogen) atoms. The van der Waals surface area contributed by atoms with Crippen molar-refractivity contribution in [3.63, 3.8) is 0 Å². The Morgan fingerprint density at radius 1 is 1.19 bits per heavy atom. The number of carbonyl (C=O) groups excluding carboxylic acids is 1. The van der Waals surface area contributed by atoms with E-state index in [1.165, 1.54) is 5.56 Å². The molecular weight excluding hydrogens is 322 g/mol. The molecule has 0 bridgehead atoms. The maximum absolute atomic E-state index is 12.8. The van der Waals surface area contributed by atoms with Gasteiger partial charge in [0.2, 0.25) is 5.91 Å². The van der Waals surface area contributed by atoms with Crippen LogP contribution in [0.2, 0.25) is 0 Å². The Kier molecular flexibility index (Phi) is 4.33. The number of para-hydroxylation sites is 3. The lowest BCUT2D eigenvalue weighted by atomic mass is 10.1. The Hall–Kier alpha value is -2.88. The van der Waals surface area contributed by atoms with Crippen LogP contribution in [0.15, 0.2) is 61.2 Å². The molecule has 1 unspecified atom stereocenters. The minimum atomic E-state index is 0.0970. The van der Waals surface area contributed by atoms with Gasteiger partial charge < -0.3 is 9.47 Å². The SMILES string of the molecule is C=CCn1c(C2CC(=O)N(c3ccccc3CC)C2)nc2ccccc21. The monoisotopic (exact) mass is 345 g/mol. The summed E-state index contributed by atoms with van der Waals surface area (Å²) >= 11 is 0. The largest absolute Gasteiger partial charge is 0.324 e. The first-order valence-corrected chi connectivity index (χ1v) is 9.17. The van der Waals surface area contributed by atoms with E-state index in [2.05, 4.69) is 30.2 Å². The second kappa shape index (κ2) is 6.79. The quantitative estimate of drug-likeness (QED) is 0.647. The molecule has 0 saturated carbocycles. The Bertz CT molecular complexity index is 972. The molecule has 4 nitrogen and oxygen atoms in total. The molecule has 0 aliphatic carbocycles. The number of carbonyl (C=O) groups is 1. The van der Waals surface area contributed by atoms with Crippen LogP contribution < -0.4 is 4.90 Å². The number of hydrogen-bond donors (Lipinski definition) is 0. The lowest BCUT2D eigenvalue weighted by Gasteiger charge is -2.20. The first-order valence-electron chi connectivity index (χ1n) is 9.17. The predicted molar refractivity (Wildman–Crippen MR) is 105 cm³/mol. The highest BCUT2D eigenvalue weighted by Crippen LogP contribution is 2.34. The number of aromatic nitrogens is 2. The van der Waals surface area contributed by atoms with Gasteiger partial charge >= 0.3 is 0 Å². The van der Waals surface area contributed by atoms with E-state index in [4.69, 9.17) is 4.98 Å². The molecule has 0 N–H and O–H groups in total. The van der Waals surface area contributed by atoms with Crippen LogP contribution in [0.4, 0.5) is 5.69 Å². The fourth-order valence-electron chi connectivity index (χ4n) is 3.91. The Balaban J connectivity index is 1.72. The first-order chi connectivity index (χ1) is 12.7. The summed E-state index contributed by atoms with van der Waals surface area (Å²) in [6, 6.07) is 16.3. The van der Waals surface area contributed by atoms with Gasteiger partial charge in [-0.1, -0.05) is 43.3 Å². The van der Waals surface area contributed by atoms with Gasteiger partial charge in [-0.3, -0.25) is 4.79 Å².